The van der Waals surface area contributed by atoms with Crippen molar-refractivity contribution >= 4 is 17.7 Å². The van der Waals surface area contributed by atoms with Crippen molar-refractivity contribution in [2.24, 2.45) is 0 Å². The molecule has 1 N–H and O–H groups in total. The van der Waals surface area contributed by atoms with Gasteiger partial charge in [0.05, 0.1) is 0 Å². The molecule has 0 saturated carbocycles. The highest BCUT2D eigenvalue weighted by Crippen LogP contribution is 2.06. The van der Waals surface area contributed by atoms with Gasteiger partial charge in [0.2, 0.25) is 0 Å². The third kappa shape index (κ3) is 3.10. The predicted octanol–water partition coefficient (Wildman–Crippen LogP) is 2.33. The van der Waals surface area contributed by atoms with Crippen LogP contribution in [-0.4, -0.2) is 27.7 Å². The molecule has 1 heterocycles. The van der Waals surface area contributed by atoms with Gasteiger partial charge in [-0.2, -0.15) is 11.8 Å². The molecule has 0 aliphatic heterocycles. The Labute approximate surface area is 88.1 Å². The Morgan fingerprint density at radius 3 is 3.00 bits per heavy atom. The summed E-state index contributed by atoms with van der Waals surface area (Å²) in [6.07, 6.45) is 6.08. The summed E-state index contributed by atoms with van der Waals surface area (Å²) in [6, 6.07) is 3.41. The van der Waals surface area contributed by atoms with Crippen LogP contribution in [0, 0.1) is 0 Å². The lowest BCUT2D eigenvalue weighted by molar-refractivity contribution is 0.0685. The number of aromatic carboxylic acids is 1. The maximum atomic E-state index is 10.7. The topological polar surface area (TPSA) is 42.2 Å². The van der Waals surface area contributed by atoms with Gasteiger partial charge >= 0.3 is 5.97 Å². The van der Waals surface area contributed by atoms with Crippen LogP contribution < -0.4 is 0 Å². The van der Waals surface area contributed by atoms with Gasteiger partial charge in [0.1, 0.15) is 5.69 Å². The molecule has 0 amide bonds. The molecule has 14 heavy (non-hydrogen) atoms. The van der Waals surface area contributed by atoms with E-state index in [1.807, 2.05) is 18.0 Å². The minimum atomic E-state index is -0.847. The summed E-state index contributed by atoms with van der Waals surface area (Å²) >= 11 is 1.82. The van der Waals surface area contributed by atoms with E-state index in [0.717, 1.165) is 25.1 Å². The first-order valence-corrected chi connectivity index (χ1v) is 6.02. The zero-order valence-corrected chi connectivity index (χ0v) is 9.09. The van der Waals surface area contributed by atoms with Gasteiger partial charge in [-0.05, 0) is 37.0 Å². The minimum Gasteiger partial charge on any atom is -0.477 e. The standard InChI is InChI=1S/C10H15NO2S/c1-14-8-3-2-6-11-7-4-5-9(11)10(12)13/h4-5,7H,2-3,6,8H2,1H3,(H,12,13). The van der Waals surface area contributed by atoms with Gasteiger partial charge in [-0.3, -0.25) is 0 Å². The lowest BCUT2D eigenvalue weighted by Gasteiger charge is -2.05. The highest BCUT2D eigenvalue weighted by Gasteiger charge is 2.07. The van der Waals surface area contributed by atoms with Crippen LogP contribution in [0.25, 0.3) is 0 Å². The number of carboxylic acids is 1. The van der Waals surface area contributed by atoms with Gasteiger partial charge in [-0.15, -0.1) is 0 Å². The van der Waals surface area contributed by atoms with Crippen LogP contribution in [0.15, 0.2) is 18.3 Å². The van der Waals surface area contributed by atoms with Gasteiger partial charge in [0.25, 0.3) is 0 Å². The molecule has 78 valence electrons. The van der Waals surface area contributed by atoms with Crippen LogP contribution in [0.5, 0.6) is 0 Å². The van der Waals surface area contributed by atoms with Crippen LogP contribution in [0.1, 0.15) is 23.3 Å². The number of nitrogens with zero attached hydrogens (tertiary/aromatic N) is 1. The molecule has 0 aliphatic rings. The molecular formula is C10H15NO2S. The number of thioether (sulfide) groups is 1. The summed E-state index contributed by atoms with van der Waals surface area (Å²) in [5.41, 5.74) is 0.383. The number of carbonyl (C=O) groups is 1. The Balaban J connectivity index is 2.42. The average Bonchev–Trinajstić information content (AvgIpc) is 2.60. The monoisotopic (exact) mass is 213 g/mol. The molecule has 0 radical (unpaired) electrons. The van der Waals surface area contributed by atoms with Crippen LogP contribution >= 0.6 is 11.8 Å². The second-order valence-electron chi connectivity index (χ2n) is 3.09. The molecule has 0 unspecified atom stereocenters. The summed E-state index contributed by atoms with van der Waals surface area (Å²) in [7, 11) is 0. The molecular weight excluding hydrogens is 198 g/mol. The van der Waals surface area contributed by atoms with Crippen molar-refractivity contribution in [3.05, 3.63) is 24.0 Å². The summed E-state index contributed by atoms with van der Waals surface area (Å²) < 4.78 is 1.79. The molecule has 0 bridgehead atoms. The summed E-state index contributed by atoms with van der Waals surface area (Å²) in [4.78, 5) is 10.7. The van der Waals surface area contributed by atoms with E-state index in [-0.39, 0.29) is 0 Å². The van der Waals surface area contributed by atoms with Crippen molar-refractivity contribution < 1.29 is 9.90 Å². The second kappa shape index (κ2) is 5.75. The molecule has 1 aromatic heterocycles. The Morgan fingerprint density at radius 1 is 1.57 bits per heavy atom. The summed E-state index contributed by atoms with van der Waals surface area (Å²) in [5.74, 6) is 0.295. The molecule has 0 spiro atoms. The van der Waals surface area contributed by atoms with E-state index >= 15 is 0 Å². The van der Waals surface area contributed by atoms with Crippen molar-refractivity contribution in [2.45, 2.75) is 19.4 Å². The van der Waals surface area contributed by atoms with Crippen molar-refractivity contribution in [3.63, 3.8) is 0 Å². The lowest BCUT2D eigenvalue weighted by atomic mass is 10.3. The minimum absolute atomic E-state index is 0.383. The highest BCUT2D eigenvalue weighted by molar-refractivity contribution is 7.98. The first-order valence-electron chi connectivity index (χ1n) is 4.63. The largest absolute Gasteiger partial charge is 0.477 e. The van der Waals surface area contributed by atoms with Crippen molar-refractivity contribution in [1.29, 1.82) is 0 Å². The molecule has 0 fully saturated rings. The highest BCUT2D eigenvalue weighted by atomic mass is 32.2. The van der Waals surface area contributed by atoms with Gasteiger partial charge in [-0.25, -0.2) is 4.79 Å². The Hall–Kier alpha value is -0.900. The number of rotatable bonds is 6. The molecule has 0 aliphatic carbocycles. The third-order valence-electron chi connectivity index (χ3n) is 2.05. The van der Waals surface area contributed by atoms with Gasteiger partial charge in [0.15, 0.2) is 0 Å². The predicted molar refractivity (Wildman–Crippen MR) is 59.0 cm³/mol. The van der Waals surface area contributed by atoms with E-state index in [9.17, 15) is 4.79 Å². The molecule has 0 atom stereocenters. The Bertz CT molecular complexity index is 296. The van der Waals surface area contributed by atoms with Crippen LogP contribution in [-0.2, 0) is 6.54 Å². The SMILES string of the molecule is CSCCCCn1cccc1C(=O)O. The van der Waals surface area contributed by atoms with Crippen molar-refractivity contribution in [3.8, 4) is 0 Å². The quantitative estimate of drug-likeness (QED) is 0.737. The zero-order valence-electron chi connectivity index (χ0n) is 8.27. The zero-order chi connectivity index (χ0) is 10.4. The van der Waals surface area contributed by atoms with E-state index in [4.69, 9.17) is 5.11 Å². The van der Waals surface area contributed by atoms with Gasteiger partial charge < -0.3 is 9.67 Å². The van der Waals surface area contributed by atoms with E-state index in [1.54, 1.807) is 16.7 Å². The normalized spacial score (nSPS) is 10.4. The summed E-state index contributed by atoms with van der Waals surface area (Å²) in [6.45, 7) is 0.801. The number of aromatic nitrogens is 1. The molecule has 0 saturated heterocycles. The smallest absolute Gasteiger partial charge is 0.352 e. The van der Waals surface area contributed by atoms with Crippen molar-refractivity contribution in [2.75, 3.05) is 12.0 Å². The second-order valence-corrected chi connectivity index (χ2v) is 4.08. The molecule has 0 aromatic carbocycles. The van der Waals surface area contributed by atoms with E-state index in [0.29, 0.717) is 5.69 Å². The fourth-order valence-corrected chi connectivity index (χ4v) is 1.82. The third-order valence-corrected chi connectivity index (χ3v) is 2.74. The first kappa shape index (κ1) is 11.2. The Morgan fingerprint density at radius 2 is 2.36 bits per heavy atom. The van der Waals surface area contributed by atoms with Crippen LogP contribution in [0.3, 0.4) is 0 Å². The lowest BCUT2D eigenvalue weighted by Crippen LogP contribution is -2.07. The molecule has 1 aromatic rings. The average molecular weight is 213 g/mol. The molecule has 1 rings (SSSR count). The maximum absolute atomic E-state index is 10.7. The fraction of sp³-hybridized carbons (Fsp3) is 0.500. The first-order chi connectivity index (χ1) is 6.75. The van der Waals surface area contributed by atoms with Crippen LogP contribution in [0.4, 0.5) is 0 Å². The number of carboxylic acid groups (broad SMARTS) is 1. The summed E-state index contributed by atoms with van der Waals surface area (Å²) in [5, 5.41) is 8.83. The number of unbranched alkanes of at least 4 members (excludes halogenated alkanes) is 1. The van der Waals surface area contributed by atoms with E-state index in [1.165, 1.54) is 0 Å². The van der Waals surface area contributed by atoms with E-state index < -0.39 is 5.97 Å². The number of hydrogen-bond acceptors (Lipinski definition) is 2. The van der Waals surface area contributed by atoms with Crippen LogP contribution in [0.2, 0.25) is 0 Å². The fourth-order valence-electron chi connectivity index (χ4n) is 1.33. The van der Waals surface area contributed by atoms with Crippen molar-refractivity contribution in [1.82, 2.24) is 4.57 Å². The van der Waals surface area contributed by atoms with E-state index in [2.05, 4.69) is 6.26 Å². The molecule has 4 heteroatoms. The maximum Gasteiger partial charge on any atom is 0.352 e. The molecule has 3 nitrogen and oxygen atoms in total. The van der Waals surface area contributed by atoms with Gasteiger partial charge in [0, 0.05) is 12.7 Å². The van der Waals surface area contributed by atoms with Gasteiger partial charge in [-0.1, -0.05) is 0 Å². The number of hydrogen-bond donors (Lipinski definition) is 1. The Kier molecular flexibility index (Phi) is 4.59. The number of aryl methyl sites for hydroxylation is 1.